The van der Waals surface area contributed by atoms with Crippen molar-refractivity contribution in [3.63, 3.8) is 0 Å². The second-order valence-electron chi connectivity index (χ2n) is 6.93. The van der Waals surface area contributed by atoms with E-state index < -0.39 is 12.8 Å². The van der Waals surface area contributed by atoms with Gasteiger partial charge in [-0.3, -0.25) is 4.79 Å². The number of rotatable bonds is 7. The number of aromatic nitrogens is 2. The second kappa shape index (κ2) is 9.51. The van der Waals surface area contributed by atoms with E-state index in [1.54, 1.807) is 18.2 Å². The van der Waals surface area contributed by atoms with Crippen molar-refractivity contribution in [3.05, 3.63) is 83.2 Å². The molecule has 8 heteroatoms. The van der Waals surface area contributed by atoms with Crippen LogP contribution in [0.4, 0.5) is 13.2 Å². The molecule has 1 aromatic heterocycles. The van der Waals surface area contributed by atoms with Gasteiger partial charge in [-0.2, -0.15) is 18.3 Å². The zero-order chi connectivity index (χ0) is 22.4. The Balaban J connectivity index is 1.57. The van der Waals surface area contributed by atoms with Crippen LogP contribution < -0.4 is 10.1 Å². The fourth-order valence-corrected chi connectivity index (χ4v) is 2.99. The maximum atomic E-state index is 12.2. The smallest absolute Gasteiger partial charge is 0.422 e. The van der Waals surface area contributed by atoms with Gasteiger partial charge in [0, 0.05) is 23.9 Å². The number of halogens is 3. The summed E-state index contributed by atoms with van der Waals surface area (Å²) in [5.41, 5.74) is 4.27. The van der Waals surface area contributed by atoms with Crippen LogP contribution in [0.3, 0.4) is 0 Å². The van der Waals surface area contributed by atoms with E-state index in [1.807, 2.05) is 48.9 Å². The maximum absolute atomic E-state index is 12.2. The molecule has 0 aliphatic carbocycles. The molecule has 0 aliphatic heterocycles. The lowest BCUT2D eigenvalue weighted by Crippen LogP contribution is -2.20. The molecular weight excluding hydrogens is 407 g/mol. The Kier molecular flexibility index (Phi) is 6.79. The molecule has 0 spiro atoms. The van der Waals surface area contributed by atoms with E-state index in [0.29, 0.717) is 0 Å². The Bertz CT molecular complexity index is 1060. The first-order valence-electron chi connectivity index (χ1n) is 9.59. The number of benzene rings is 2. The van der Waals surface area contributed by atoms with Crippen LogP contribution in [0.15, 0.2) is 60.7 Å². The standard InChI is InChI=1S/C23H22F3N3O2/c1-16-21(17(2)29(28-16)19-6-4-3-5-7-19)12-13-22(30)27-14-18-8-10-20(11-9-18)31-15-23(24,25)26/h3-13H,14-15H2,1-2H3,(H,27,30)/b13-12+. The second-order valence-corrected chi connectivity index (χ2v) is 6.93. The molecule has 31 heavy (non-hydrogen) atoms. The normalized spacial score (nSPS) is 11.6. The van der Waals surface area contributed by atoms with Crippen molar-refractivity contribution in [2.45, 2.75) is 26.6 Å². The average Bonchev–Trinajstić information content (AvgIpc) is 3.03. The van der Waals surface area contributed by atoms with Crippen molar-refractivity contribution < 1.29 is 22.7 Å². The van der Waals surface area contributed by atoms with Gasteiger partial charge in [0.05, 0.1) is 11.4 Å². The number of carbonyl (C=O) groups excluding carboxylic acids is 1. The molecular formula is C23H22F3N3O2. The summed E-state index contributed by atoms with van der Waals surface area (Å²) in [5, 5.41) is 7.29. The summed E-state index contributed by atoms with van der Waals surface area (Å²) in [6.07, 6.45) is -1.22. The van der Waals surface area contributed by atoms with Gasteiger partial charge in [0.15, 0.2) is 6.61 Å². The molecule has 0 bridgehead atoms. The molecule has 0 saturated carbocycles. The molecule has 0 radical (unpaired) electrons. The van der Waals surface area contributed by atoms with Gasteiger partial charge in [-0.15, -0.1) is 0 Å². The van der Waals surface area contributed by atoms with E-state index in [4.69, 9.17) is 0 Å². The number of hydrogen-bond acceptors (Lipinski definition) is 3. The third-order valence-corrected chi connectivity index (χ3v) is 4.54. The third-order valence-electron chi connectivity index (χ3n) is 4.54. The van der Waals surface area contributed by atoms with E-state index in [0.717, 1.165) is 28.2 Å². The van der Waals surface area contributed by atoms with Gasteiger partial charge in [-0.1, -0.05) is 30.3 Å². The highest BCUT2D eigenvalue weighted by Gasteiger charge is 2.28. The summed E-state index contributed by atoms with van der Waals surface area (Å²) in [4.78, 5) is 12.2. The number of alkyl halides is 3. The molecule has 1 heterocycles. The zero-order valence-electron chi connectivity index (χ0n) is 17.1. The molecule has 3 rings (SSSR count). The van der Waals surface area contributed by atoms with Crippen molar-refractivity contribution in [1.29, 1.82) is 0 Å². The van der Waals surface area contributed by atoms with E-state index in [-0.39, 0.29) is 18.2 Å². The molecule has 1 N–H and O–H groups in total. The molecule has 0 fully saturated rings. The van der Waals surface area contributed by atoms with E-state index in [2.05, 4.69) is 15.2 Å². The first-order chi connectivity index (χ1) is 14.7. The van der Waals surface area contributed by atoms with Gasteiger partial charge in [0.1, 0.15) is 5.75 Å². The number of ether oxygens (including phenoxy) is 1. The predicted molar refractivity (Wildman–Crippen MR) is 112 cm³/mol. The van der Waals surface area contributed by atoms with Crippen LogP contribution in [-0.2, 0) is 11.3 Å². The van der Waals surface area contributed by atoms with E-state index in [9.17, 15) is 18.0 Å². The molecule has 0 unspecified atom stereocenters. The molecule has 3 aromatic rings. The Hall–Kier alpha value is -3.55. The first-order valence-corrected chi connectivity index (χ1v) is 9.59. The largest absolute Gasteiger partial charge is 0.484 e. The van der Waals surface area contributed by atoms with Crippen LogP contribution in [-0.4, -0.2) is 28.5 Å². The van der Waals surface area contributed by atoms with Crippen LogP contribution in [0, 0.1) is 13.8 Å². The highest BCUT2D eigenvalue weighted by Crippen LogP contribution is 2.20. The summed E-state index contributed by atoms with van der Waals surface area (Å²) in [6, 6.07) is 15.8. The minimum Gasteiger partial charge on any atom is -0.484 e. The molecule has 0 atom stereocenters. The summed E-state index contributed by atoms with van der Waals surface area (Å²) in [7, 11) is 0. The lowest BCUT2D eigenvalue weighted by atomic mass is 10.1. The molecule has 0 aliphatic rings. The summed E-state index contributed by atoms with van der Waals surface area (Å²) < 4.78 is 43.0. The number of hydrogen-bond donors (Lipinski definition) is 1. The monoisotopic (exact) mass is 429 g/mol. The van der Waals surface area contributed by atoms with Gasteiger partial charge < -0.3 is 10.1 Å². The highest BCUT2D eigenvalue weighted by atomic mass is 19.4. The van der Waals surface area contributed by atoms with Crippen LogP contribution in [0.1, 0.15) is 22.5 Å². The zero-order valence-corrected chi connectivity index (χ0v) is 17.1. The van der Waals surface area contributed by atoms with Crippen molar-refractivity contribution >= 4 is 12.0 Å². The van der Waals surface area contributed by atoms with Crippen molar-refractivity contribution in [2.75, 3.05) is 6.61 Å². The van der Waals surface area contributed by atoms with Gasteiger partial charge in [0.2, 0.25) is 5.91 Å². The van der Waals surface area contributed by atoms with E-state index >= 15 is 0 Å². The van der Waals surface area contributed by atoms with Crippen molar-refractivity contribution in [1.82, 2.24) is 15.1 Å². The Morgan fingerprint density at radius 3 is 2.42 bits per heavy atom. The lowest BCUT2D eigenvalue weighted by Gasteiger charge is -2.09. The minimum absolute atomic E-state index is 0.119. The number of nitrogens with one attached hydrogen (secondary N) is 1. The third kappa shape index (κ3) is 6.21. The van der Waals surface area contributed by atoms with Crippen LogP contribution >= 0.6 is 0 Å². The Morgan fingerprint density at radius 2 is 1.77 bits per heavy atom. The van der Waals surface area contributed by atoms with Gasteiger partial charge in [0.25, 0.3) is 0 Å². The van der Waals surface area contributed by atoms with Crippen LogP contribution in [0.2, 0.25) is 0 Å². The van der Waals surface area contributed by atoms with Crippen LogP contribution in [0.25, 0.3) is 11.8 Å². The van der Waals surface area contributed by atoms with Gasteiger partial charge in [-0.05, 0) is 49.8 Å². The average molecular weight is 429 g/mol. The molecule has 162 valence electrons. The number of para-hydroxylation sites is 1. The van der Waals surface area contributed by atoms with Crippen LogP contribution in [0.5, 0.6) is 5.75 Å². The quantitative estimate of drug-likeness (QED) is 0.551. The lowest BCUT2D eigenvalue weighted by molar-refractivity contribution is -0.153. The summed E-state index contributed by atoms with van der Waals surface area (Å²) >= 11 is 0. The first kappa shape index (κ1) is 22.1. The number of nitrogens with zero attached hydrogens (tertiary/aromatic N) is 2. The number of amides is 1. The molecule has 1 amide bonds. The van der Waals surface area contributed by atoms with Crippen molar-refractivity contribution in [3.8, 4) is 11.4 Å². The fourth-order valence-electron chi connectivity index (χ4n) is 2.99. The number of aryl methyl sites for hydroxylation is 1. The minimum atomic E-state index is -4.38. The SMILES string of the molecule is Cc1nn(-c2ccccc2)c(C)c1/C=C/C(=O)NCc1ccc(OCC(F)(F)F)cc1. The Labute approximate surface area is 178 Å². The van der Waals surface area contributed by atoms with E-state index in [1.165, 1.54) is 18.2 Å². The number of carbonyl (C=O) groups is 1. The van der Waals surface area contributed by atoms with Gasteiger partial charge >= 0.3 is 6.18 Å². The topological polar surface area (TPSA) is 56.2 Å². The Morgan fingerprint density at radius 1 is 1.10 bits per heavy atom. The maximum Gasteiger partial charge on any atom is 0.422 e. The summed E-state index contributed by atoms with van der Waals surface area (Å²) in [6.45, 7) is 2.72. The highest BCUT2D eigenvalue weighted by molar-refractivity contribution is 5.92. The molecule has 5 nitrogen and oxygen atoms in total. The molecule has 0 saturated heterocycles. The fraction of sp³-hybridized carbons (Fsp3) is 0.217. The summed E-state index contributed by atoms with van der Waals surface area (Å²) in [5.74, 6) is -0.169. The van der Waals surface area contributed by atoms with Gasteiger partial charge in [-0.25, -0.2) is 4.68 Å². The molecule has 2 aromatic carbocycles. The van der Waals surface area contributed by atoms with Crippen molar-refractivity contribution in [2.24, 2.45) is 0 Å². The predicted octanol–water partition coefficient (Wildman–Crippen LogP) is 4.76.